The maximum absolute atomic E-state index is 12.9. The molecule has 0 aliphatic carbocycles. The monoisotopic (exact) mass is 572 g/mol. The maximum Gasteiger partial charge on any atom is 0.387 e. The van der Waals surface area contributed by atoms with Crippen LogP contribution < -0.4 is 20.1 Å². The summed E-state index contributed by atoms with van der Waals surface area (Å²) in [6.45, 7) is 1.66. The Labute approximate surface area is 208 Å². The van der Waals surface area contributed by atoms with Crippen molar-refractivity contribution in [3.8, 4) is 22.8 Å². The van der Waals surface area contributed by atoms with Crippen molar-refractivity contribution in [3.05, 3.63) is 65.7 Å². The number of aromatic nitrogens is 1. The molecule has 7 nitrogen and oxygen atoms in total. The minimum Gasteiger partial charge on any atom is -0.490 e. The van der Waals surface area contributed by atoms with Gasteiger partial charge >= 0.3 is 6.61 Å². The molecular formula is C23H27F2IN4O3. The molecule has 0 fully saturated rings. The van der Waals surface area contributed by atoms with E-state index < -0.39 is 6.61 Å². The van der Waals surface area contributed by atoms with Gasteiger partial charge in [-0.05, 0) is 19.9 Å². The van der Waals surface area contributed by atoms with E-state index in [9.17, 15) is 8.78 Å². The topological polar surface area (TPSA) is 80.9 Å². The number of alkyl halides is 2. The summed E-state index contributed by atoms with van der Waals surface area (Å²) in [5.74, 6) is 1.88. The fourth-order valence-electron chi connectivity index (χ4n) is 2.99. The Balaban J connectivity index is 0.00000385. The fourth-order valence-corrected chi connectivity index (χ4v) is 2.99. The highest BCUT2D eigenvalue weighted by molar-refractivity contribution is 14.0. The number of benzene rings is 2. The second-order valence-corrected chi connectivity index (χ2v) is 6.82. The van der Waals surface area contributed by atoms with Crippen LogP contribution in [0.3, 0.4) is 0 Å². The van der Waals surface area contributed by atoms with Crippen molar-refractivity contribution >= 4 is 29.9 Å². The molecule has 0 atom stereocenters. The third-order valence-electron chi connectivity index (χ3n) is 4.53. The first-order valence-corrected chi connectivity index (χ1v) is 10.2. The molecular weight excluding hydrogens is 545 g/mol. The first kappa shape index (κ1) is 26.4. The number of halogens is 3. The van der Waals surface area contributed by atoms with Gasteiger partial charge in [0.15, 0.2) is 23.2 Å². The van der Waals surface area contributed by atoms with E-state index in [1.54, 1.807) is 38.4 Å². The molecule has 10 heteroatoms. The summed E-state index contributed by atoms with van der Waals surface area (Å²) in [6, 6.07) is 13.0. The summed E-state index contributed by atoms with van der Waals surface area (Å²) >= 11 is 0. The van der Waals surface area contributed by atoms with Crippen LogP contribution >= 0.6 is 24.0 Å². The van der Waals surface area contributed by atoms with Gasteiger partial charge in [-0.15, -0.1) is 24.0 Å². The van der Waals surface area contributed by atoms with Crippen molar-refractivity contribution in [2.45, 2.75) is 33.5 Å². The molecule has 0 aliphatic heterocycles. The van der Waals surface area contributed by atoms with Crippen molar-refractivity contribution < 1.29 is 22.7 Å². The maximum atomic E-state index is 12.9. The number of guanidine groups is 1. The minimum absolute atomic E-state index is 0. The molecule has 3 rings (SSSR count). The van der Waals surface area contributed by atoms with E-state index in [1.165, 1.54) is 5.56 Å². The molecule has 1 aromatic heterocycles. The van der Waals surface area contributed by atoms with Crippen molar-refractivity contribution in [2.75, 3.05) is 13.7 Å². The standard InChI is InChI=1S/C23H26F2N4O3.HI/c1-4-30-18-7-5-6-17(21(18)32-22(24)25)12-28-23(26-3)29-14-20-27-13-19(31-20)16-10-8-15(2)9-11-16;/h5-11,13,22H,4,12,14H2,1-3H3,(H2,26,28,29);1H. The van der Waals surface area contributed by atoms with Crippen LogP contribution in [0, 0.1) is 6.92 Å². The quantitative estimate of drug-likeness (QED) is 0.210. The van der Waals surface area contributed by atoms with E-state index in [1.807, 2.05) is 31.2 Å². The number of aryl methyl sites for hydroxylation is 1. The molecule has 2 N–H and O–H groups in total. The molecule has 0 radical (unpaired) electrons. The average molecular weight is 572 g/mol. The Kier molecular flexibility index (Phi) is 10.4. The Morgan fingerprint density at radius 3 is 2.52 bits per heavy atom. The zero-order valence-corrected chi connectivity index (χ0v) is 20.9. The van der Waals surface area contributed by atoms with E-state index >= 15 is 0 Å². The SMILES string of the molecule is CCOc1cccc(CNC(=NC)NCc2ncc(-c3ccc(C)cc3)o2)c1OC(F)F.I. The third-order valence-corrected chi connectivity index (χ3v) is 4.53. The molecule has 0 bridgehead atoms. The van der Waals surface area contributed by atoms with Crippen molar-refractivity contribution in [1.29, 1.82) is 0 Å². The molecule has 2 aromatic carbocycles. The number of ether oxygens (including phenoxy) is 2. The largest absolute Gasteiger partial charge is 0.490 e. The van der Waals surface area contributed by atoms with E-state index in [0.717, 1.165) is 5.56 Å². The van der Waals surface area contributed by atoms with Crippen LogP contribution in [-0.2, 0) is 13.1 Å². The summed E-state index contributed by atoms with van der Waals surface area (Å²) in [5, 5.41) is 6.16. The average Bonchev–Trinajstić information content (AvgIpc) is 3.25. The molecule has 0 saturated carbocycles. The summed E-state index contributed by atoms with van der Waals surface area (Å²) in [5.41, 5.74) is 2.62. The molecule has 0 amide bonds. The van der Waals surface area contributed by atoms with Gasteiger partial charge in [-0.2, -0.15) is 8.78 Å². The minimum atomic E-state index is -2.96. The third kappa shape index (κ3) is 7.58. The molecule has 0 saturated heterocycles. The van der Waals surface area contributed by atoms with Crippen LogP contribution in [0.15, 0.2) is 58.1 Å². The summed E-state index contributed by atoms with van der Waals surface area (Å²) in [7, 11) is 1.61. The predicted molar refractivity (Wildman–Crippen MR) is 133 cm³/mol. The number of oxazole rings is 1. The zero-order valence-electron chi connectivity index (χ0n) is 18.6. The smallest absolute Gasteiger partial charge is 0.387 e. The summed E-state index contributed by atoms with van der Waals surface area (Å²) in [6.07, 6.45) is 1.67. The normalized spacial score (nSPS) is 11.2. The Morgan fingerprint density at radius 1 is 1.12 bits per heavy atom. The lowest BCUT2D eigenvalue weighted by atomic mass is 10.1. The first-order chi connectivity index (χ1) is 15.5. The number of rotatable bonds is 9. The number of nitrogens with zero attached hydrogens (tertiary/aromatic N) is 2. The molecule has 178 valence electrons. The van der Waals surface area contributed by atoms with Gasteiger partial charge in [0.2, 0.25) is 5.89 Å². The van der Waals surface area contributed by atoms with Crippen molar-refractivity contribution in [2.24, 2.45) is 4.99 Å². The number of aliphatic imine (C=N–C) groups is 1. The summed E-state index contributed by atoms with van der Waals surface area (Å²) < 4.78 is 41.7. The van der Waals surface area contributed by atoms with Crippen LogP contribution in [0.2, 0.25) is 0 Å². The zero-order chi connectivity index (χ0) is 22.9. The highest BCUT2D eigenvalue weighted by Crippen LogP contribution is 2.32. The van der Waals surface area contributed by atoms with Crippen molar-refractivity contribution in [1.82, 2.24) is 15.6 Å². The van der Waals surface area contributed by atoms with Crippen LogP contribution in [0.4, 0.5) is 8.78 Å². The lowest BCUT2D eigenvalue weighted by Gasteiger charge is -2.17. The Bertz CT molecular complexity index is 1040. The first-order valence-electron chi connectivity index (χ1n) is 10.2. The van der Waals surface area contributed by atoms with Gasteiger partial charge in [0.1, 0.15) is 0 Å². The van der Waals surface area contributed by atoms with E-state index in [4.69, 9.17) is 13.9 Å². The van der Waals surface area contributed by atoms with Crippen molar-refractivity contribution in [3.63, 3.8) is 0 Å². The lowest BCUT2D eigenvalue weighted by Crippen LogP contribution is -2.36. The highest BCUT2D eigenvalue weighted by atomic mass is 127. The number of nitrogens with one attached hydrogen (secondary N) is 2. The molecule has 0 unspecified atom stereocenters. The fraction of sp³-hybridized carbons (Fsp3) is 0.304. The van der Waals surface area contributed by atoms with E-state index in [-0.39, 0.29) is 42.0 Å². The van der Waals surface area contributed by atoms with Gasteiger partial charge in [-0.1, -0.05) is 42.0 Å². The van der Waals surface area contributed by atoms with Crippen LogP contribution in [-0.4, -0.2) is 31.2 Å². The van der Waals surface area contributed by atoms with Gasteiger partial charge in [-0.3, -0.25) is 4.99 Å². The van der Waals surface area contributed by atoms with E-state index in [0.29, 0.717) is 36.3 Å². The predicted octanol–water partition coefficient (Wildman–Crippen LogP) is 5.13. The molecule has 1 heterocycles. The van der Waals surface area contributed by atoms with Gasteiger partial charge < -0.3 is 24.5 Å². The highest BCUT2D eigenvalue weighted by Gasteiger charge is 2.16. The van der Waals surface area contributed by atoms with Gasteiger partial charge in [-0.25, -0.2) is 4.98 Å². The lowest BCUT2D eigenvalue weighted by molar-refractivity contribution is -0.0520. The Hall–Kier alpha value is -2.89. The number of hydrogen-bond acceptors (Lipinski definition) is 5. The number of hydrogen-bond donors (Lipinski definition) is 2. The van der Waals surface area contributed by atoms with Gasteiger partial charge in [0.25, 0.3) is 0 Å². The summed E-state index contributed by atoms with van der Waals surface area (Å²) in [4.78, 5) is 8.43. The molecule has 3 aromatic rings. The van der Waals surface area contributed by atoms with Gasteiger partial charge in [0, 0.05) is 24.7 Å². The van der Waals surface area contributed by atoms with Crippen LogP contribution in [0.25, 0.3) is 11.3 Å². The molecule has 0 spiro atoms. The second-order valence-electron chi connectivity index (χ2n) is 6.82. The number of para-hydroxylation sites is 1. The van der Waals surface area contributed by atoms with Gasteiger partial charge in [0.05, 0.1) is 19.3 Å². The van der Waals surface area contributed by atoms with Crippen LogP contribution in [0.5, 0.6) is 11.5 Å². The molecule has 0 aliphatic rings. The van der Waals surface area contributed by atoms with Crippen LogP contribution in [0.1, 0.15) is 23.9 Å². The van der Waals surface area contributed by atoms with E-state index in [2.05, 4.69) is 20.6 Å². The Morgan fingerprint density at radius 2 is 1.85 bits per heavy atom. The second kappa shape index (κ2) is 13.0. The molecule has 33 heavy (non-hydrogen) atoms.